The number of hydrogen-bond acceptors (Lipinski definition) is 4. The lowest BCUT2D eigenvalue weighted by Crippen LogP contribution is -2.34. The quantitative estimate of drug-likeness (QED) is 0.887. The van der Waals surface area contributed by atoms with Crippen molar-refractivity contribution in [2.45, 2.75) is 32.2 Å². The van der Waals surface area contributed by atoms with Gasteiger partial charge in [-0.3, -0.25) is 9.59 Å². The fourth-order valence-corrected chi connectivity index (χ4v) is 3.06. The molecule has 0 bridgehead atoms. The number of ether oxygens (including phenoxy) is 2. The maximum atomic E-state index is 12.2. The number of amides is 1. The van der Waals surface area contributed by atoms with Gasteiger partial charge < -0.3 is 19.9 Å². The third kappa shape index (κ3) is 3.00. The standard InChI is InChI=1S/C16H19NO5/c18-15(10-4-6-11(7-5-10)16(19)20)17-8-12-2-1-3-13-14(12)22-9-21-13/h1-3,10-11H,4-9H2,(H,17,18)(H,19,20). The Labute approximate surface area is 128 Å². The third-order valence-corrected chi connectivity index (χ3v) is 4.38. The van der Waals surface area contributed by atoms with Crippen molar-refractivity contribution in [3.63, 3.8) is 0 Å². The highest BCUT2D eigenvalue weighted by Crippen LogP contribution is 2.35. The van der Waals surface area contributed by atoms with Gasteiger partial charge in [-0.2, -0.15) is 0 Å². The first kappa shape index (κ1) is 14.7. The fraction of sp³-hybridized carbons (Fsp3) is 0.500. The summed E-state index contributed by atoms with van der Waals surface area (Å²) in [6.45, 7) is 0.601. The summed E-state index contributed by atoms with van der Waals surface area (Å²) in [5, 5.41) is 11.9. The molecule has 0 atom stereocenters. The van der Waals surface area contributed by atoms with Crippen molar-refractivity contribution in [2.24, 2.45) is 11.8 Å². The zero-order chi connectivity index (χ0) is 15.5. The Bertz CT molecular complexity index is 578. The second kappa shape index (κ2) is 6.25. The lowest BCUT2D eigenvalue weighted by molar-refractivity contribution is -0.144. The Balaban J connectivity index is 1.53. The van der Waals surface area contributed by atoms with Crippen LogP contribution in [0.4, 0.5) is 0 Å². The number of nitrogens with one attached hydrogen (secondary N) is 1. The Morgan fingerprint density at radius 2 is 1.86 bits per heavy atom. The number of rotatable bonds is 4. The highest BCUT2D eigenvalue weighted by Gasteiger charge is 2.29. The molecular weight excluding hydrogens is 286 g/mol. The van der Waals surface area contributed by atoms with Gasteiger partial charge in [0.25, 0.3) is 0 Å². The van der Waals surface area contributed by atoms with Gasteiger partial charge in [0, 0.05) is 18.0 Å². The number of aliphatic carboxylic acids is 1. The normalized spacial score (nSPS) is 23.1. The van der Waals surface area contributed by atoms with Gasteiger partial charge in [0.2, 0.25) is 12.7 Å². The molecule has 0 spiro atoms. The average Bonchev–Trinajstić information content (AvgIpc) is 3.01. The van der Waals surface area contributed by atoms with Gasteiger partial charge in [0.05, 0.1) is 5.92 Å². The molecule has 1 saturated carbocycles. The van der Waals surface area contributed by atoms with Crippen molar-refractivity contribution >= 4 is 11.9 Å². The van der Waals surface area contributed by atoms with Crippen LogP contribution in [-0.2, 0) is 16.1 Å². The van der Waals surface area contributed by atoms with Crippen LogP contribution in [0, 0.1) is 11.8 Å². The van der Waals surface area contributed by atoms with Gasteiger partial charge in [-0.05, 0) is 31.7 Å². The van der Waals surface area contributed by atoms with Crippen LogP contribution in [0.5, 0.6) is 11.5 Å². The van der Waals surface area contributed by atoms with E-state index in [2.05, 4.69) is 5.32 Å². The topological polar surface area (TPSA) is 84.9 Å². The second-order valence-corrected chi connectivity index (χ2v) is 5.76. The molecule has 1 heterocycles. The van der Waals surface area contributed by atoms with Crippen LogP contribution in [-0.4, -0.2) is 23.8 Å². The van der Waals surface area contributed by atoms with Crippen molar-refractivity contribution in [3.05, 3.63) is 23.8 Å². The summed E-state index contributed by atoms with van der Waals surface area (Å²) in [6, 6.07) is 5.60. The monoisotopic (exact) mass is 305 g/mol. The van der Waals surface area contributed by atoms with E-state index in [4.69, 9.17) is 14.6 Å². The minimum atomic E-state index is -0.754. The molecule has 0 unspecified atom stereocenters. The van der Waals surface area contributed by atoms with Crippen LogP contribution in [0.25, 0.3) is 0 Å². The first-order chi connectivity index (χ1) is 10.6. The molecule has 118 valence electrons. The number of para-hydroxylation sites is 1. The smallest absolute Gasteiger partial charge is 0.306 e. The molecule has 0 radical (unpaired) electrons. The predicted molar refractivity (Wildman–Crippen MR) is 77.5 cm³/mol. The van der Waals surface area contributed by atoms with Crippen molar-refractivity contribution in [1.29, 1.82) is 0 Å². The summed E-state index contributed by atoms with van der Waals surface area (Å²) in [4.78, 5) is 23.1. The summed E-state index contributed by atoms with van der Waals surface area (Å²) in [7, 11) is 0. The van der Waals surface area contributed by atoms with Crippen molar-refractivity contribution in [2.75, 3.05) is 6.79 Å². The summed E-state index contributed by atoms with van der Waals surface area (Å²) in [5.74, 6) is 0.235. The second-order valence-electron chi connectivity index (χ2n) is 5.76. The summed E-state index contributed by atoms with van der Waals surface area (Å²) >= 11 is 0. The minimum absolute atomic E-state index is 0.0136. The number of fused-ring (bicyclic) bond motifs is 1. The fourth-order valence-electron chi connectivity index (χ4n) is 3.06. The molecule has 0 saturated heterocycles. The Morgan fingerprint density at radius 1 is 1.14 bits per heavy atom. The van der Waals surface area contributed by atoms with Crippen molar-refractivity contribution in [3.8, 4) is 11.5 Å². The van der Waals surface area contributed by atoms with Gasteiger partial charge in [-0.15, -0.1) is 0 Å². The van der Waals surface area contributed by atoms with Crippen LogP contribution >= 0.6 is 0 Å². The molecule has 22 heavy (non-hydrogen) atoms. The van der Waals surface area contributed by atoms with Crippen LogP contribution in [0.2, 0.25) is 0 Å². The van der Waals surface area contributed by atoms with Gasteiger partial charge >= 0.3 is 5.97 Å². The van der Waals surface area contributed by atoms with Crippen LogP contribution in [0.3, 0.4) is 0 Å². The first-order valence-corrected chi connectivity index (χ1v) is 7.53. The maximum absolute atomic E-state index is 12.2. The van der Waals surface area contributed by atoms with Gasteiger partial charge in [0.15, 0.2) is 11.5 Å². The van der Waals surface area contributed by atoms with E-state index in [1.54, 1.807) is 0 Å². The summed E-state index contributed by atoms with van der Waals surface area (Å²) in [6.07, 6.45) is 2.42. The average molecular weight is 305 g/mol. The zero-order valence-electron chi connectivity index (χ0n) is 12.2. The number of carbonyl (C=O) groups excluding carboxylic acids is 1. The Kier molecular flexibility index (Phi) is 4.18. The molecule has 2 aliphatic rings. The largest absolute Gasteiger partial charge is 0.481 e. The van der Waals surface area contributed by atoms with E-state index in [0.717, 1.165) is 5.56 Å². The van der Waals surface area contributed by atoms with Crippen LogP contribution in [0.15, 0.2) is 18.2 Å². The van der Waals surface area contributed by atoms with Gasteiger partial charge in [-0.25, -0.2) is 0 Å². The molecular formula is C16H19NO5. The summed E-state index contributed by atoms with van der Waals surface area (Å²) < 4.78 is 10.7. The van der Waals surface area contributed by atoms with E-state index < -0.39 is 5.97 Å². The van der Waals surface area contributed by atoms with E-state index in [-0.39, 0.29) is 24.5 Å². The molecule has 1 amide bonds. The number of carboxylic acid groups (broad SMARTS) is 1. The van der Waals surface area contributed by atoms with E-state index in [9.17, 15) is 9.59 Å². The van der Waals surface area contributed by atoms with Crippen molar-refractivity contribution in [1.82, 2.24) is 5.32 Å². The van der Waals surface area contributed by atoms with E-state index in [1.165, 1.54) is 0 Å². The maximum Gasteiger partial charge on any atom is 0.306 e. The number of hydrogen-bond donors (Lipinski definition) is 2. The van der Waals surface area contributed by atoms with Gasteiger partial charge in [-0.1, -0.05) is 12.1 Å². The molecule has 1 aromatic rings. The number of carbonyl (C=O) groups is 2. The van der Waals surface area contributed by atoms with Crippen LogP contribution < -0.4 is 14.8 Å². The molecule has 1 aliphatic carbocycles. The predicted octanol–water partition coefficient (Wildman–Crippen LogP) is 1.92. The lowest BCUT2D eigenvalue weighted by atomic mass is 9.81. The highest BCUT2D eigenvalue weighted by molar-refractivity contribution is 5.79. The van der Waals surface area contributed by atoms with E-state index in [1.807, 2.05) is 18.2 Å². The minimum Gasteiger partial charge on any atom is -0.481 e. The molecule has 6 heteroatoms. The Hall–Kier alpha value is -2.24. The van der Waals surface area contributed by atoms with Gasteiger partial charge in [0.1, 0.15) is 0 Å². The first-order valence-electron chi connectivity index (χ1n) is 7.53. The molecule has 1 aromatic carbocycles. The number of carboxylic acids is 1. The number of benzene rings is 1. The summed E-state index contributed by atoms with van der Waals surface area (Å²) in [5.41, 5.74) is 0.891. The third-order valence-electron chi connectivity index (χ3n) is 4.38. The van der Waals surface area contributed by atoms with Crippen LogP contribution in [0.1, 0.15) is 31.2 Å². The van der Waals surface area contributed by atoms with E-state index in [0.29, 0.717) is 43.7 Å². The van der Waals surface area contributed by atoms with E-state index >= 15 is 0 Å². The Morgan fingerprint density at radius 3 is 2.59 bits per heavy atom. The molecule has 3 rings (SSSR count). The molecule has 1 aliphatic heterocycles. The lowest BCUT2D eigenvalue weighted by Gasteiger charge is -2.25. The zero-order valence-corrected chi connectivity index (χ0v) is 12.2. The molecule has 2 N–H and O–H groups in total. The SMILES string of the molecule is O=C(O)C1CCC(C(=O)NCc2cccc3c2OCO3)CC1. The molecule has 0 aromatic heterocycles. The highest BCUT2D eigenvalue weighted by atomic mass is 16.7. The van der Waals surface area contributed by atoms with Crippen molar-refractivity contribution < 1.29 is 24.2 Å². The molecule has 6 nitrogen and oxygen atoms in total. The molecule has 1 fully saturated rings.